The van der Waals surface area contributed by atoms with Crippen LogP contribution < -0.4 is 22.1 Å². The van der Waals surface area contributed by atoms with Crippen LogP contribution in [-0.4, -0.2) is 76.1 Å². The second kappa shape index (κ2) is 14.9. The third kappa shape index (κ3) is 10.1. The molecule has 1 unspecified atom stereocenters. The lowest BCUT2D eigenvalue weighted by molar-refractivity contribution is -0.123. The van der Waals surface area contributed by atoms with Crippen LogP contribution >= 0.6 is 0 Å². The number of carbonyl (C=O) groups is 2. The van der Waals surface area contributed by atoms with Crippen LogP contribution in [0.1, 0.15) is 18.4 Å². The summed E-state index contributed by atoms with van der Waals surface area (Å²) in [6.07, 6.45) is 2.56. The van der Waals surface area contributed by atoms with E-state index < -0.39 is 27.8 Å². The van der Waals surface area contributed by atoms with Gasteiger partial charge in [-0.15, -0.1) is 0 Å². The topological polar surface area (TPSA) is 169 Å². The first-order valence-corrected chi connectivity index (χ1v) is 14.3. The van der Waals surface area contributed by atoms with Crippen molar-refractivity contribution in [2.75, 3.05) is 32.8 Å². The van der Waals surface area contributed by atoms with Crippen LogP contribution in [-0.2, 0) is 25.8 Å². The van der Waals surface area contributed by atoms with Crippen LogP contribution in [0.15, 0.2) is 82.0 Å². The Morgan fingerprint density at radius 3 is 2.28 bits per heavy atom. The predicted molar refractivity (Wildman–Crippen MR) is 149 cm³/mol. The molecule has 0 spiro atoms. The zero-order valence-corrected chi connectivity index (χ0v) is 22.6. The number of urea groups is 1. The summed E-state index contributed by atoms with van der Waals surface area (Å²) in [4.78, 5) is 32.1. The summed E-state index contributed by atoms with van der Waals surface area (Å²) in [5.41, 5.74) is 11.7. The molecule has 3 amide bonds. The van der Waals surface area contributed by atoms with E-state index in [0.717, 1.165) is 11.0 Å². The first-order valence-electron chi connectivity index (χ1n) is 12.8. The van der Waals surface area contributed by atoms with Gasteiger partial charge in [0, 0.05) is 37.5 Å². The Kier molecular flexibility index (Phi) is 11.3. The maximum Gasteiger partial charge on any atom is 0.318 e. The number of amides is 3. The van der Waals surface area contributed by atoms with E-state index in [9.17, 15) is 18.0 Å². The summed E-state index contributed by atoms with van der Waals surface area (Å²) < 4.78 is 30.9. The van der Waals surface area contributed by atoms with Crippen molar-refractivity contribution in [3.8, 4) is 0 Å². The minimum atomic E-state index is -3.73. The van der Waals surface area contributed by atoms with Crippen molar-refractivity contribution in [1.29, 1.82) is 0 Å². The van der Waals surface area contributed by atoms with Gasteiger partial charge >= 0.3 is 6.03 Å². The van der Waals surface area contributed by atoms with Crippen LogP contribution in [0, 0.1) is 0 Å². The molecule has 6 N–H and O–H groups in total. The van der Waals surface area contributed by atoms with Crippen molar-refractivity contribution in [3.63, 3.8) is 0 Å². The first kappa shape index (κ1) is 29.7. The quantitative estimate of drug-likeness (QED) is 0.173. The van der Waals surface area contributed by atoms with E-state index in [2.05, 4.69) is 15.6 Å². The van der Waals surface area contributed by atoms with Crippen molar-refractivity contribution in [3.05, 3.63) is 77.7 Å². The largest absolute Gasteiger partial charge is 0.378 e. The number of morpholine rings is 1. The van der Waals surface area contributed by atoms with Crippen LogP contribution in [0.25, 0.3) is 0 Å². The lowest BCUT2D eigenvalue weighted by atomic mass is 10.0. The van der Waals surface area contributed by atoms with Crippen molar-refractivity contribution < 1.29 is 22.7 Å². The number of benzene rings is 2. The Hall–Kier alpha value is -3.90. The molecule has 39 heavy (non-hydrogen) atoms. The predicted octanol–water partition coefficient (Wildman–Crippen LogP) is 1.17. The number of hydrogen-bond donors (Lipinski definition) is 4. The van der Waals surface area contributed by atoms with Gasteiger partial charge in [0.05, 0.1) is 18.1 Å². The number of rotatable bonds is 12. The van der Waals surface area contributed by atoms with Crippen LogP contribution in [0.4, 0.5) is 4.79 Å². The van der Waals surface area contributed by atoms with Gasteiger partial charge < -0.3 is 31.7 Å². The van der Waals surface area contributed by atoms with E-state index in [1.165, 1.54) is 18.2 Å². The minimum absolute atomic E-state index is 0.0495. The molecule has 0 saturated carbocycles. The number of nitrogens with one attached hydrogen (secondary N) is 2. The molecule has 2 aromatic rings. The fraction of sp³-hybridized carbons (Fsp3) is 0.370. The van der Waals surface area contributed by atoms with E-state index >= 15 is 0 Å². The number of ether oxygens (including phenoxy) is 1. The Bertz CT molecular complexity index is 1230. The molecule has 0 radical (unpaired) electrons. The highest BCUT2D eigenvalue weighted by Gasteiger charge is 2.26. The second-order valence-corrected chi connectivity index (χ2v) is 10.9. The van der Waals surface area contributed by atoms with Crippen LogP contribution in [0.5, 0.6) is 0 Å². The SMILES string of the molecule is NC(N)=NCCC[C@@H](/C=C/S(=O)(=O)c1ccccc1)NC(=O)C(Cc1ccccc1)NC(=O)N1CCOCC1. The van der Waals surface area contributed by atoms with Crippen molar-refractivity contribution >= 4 is 27.7 Å². The summed E-state index contributed by atoms with van der Waals surface area (Å²) >= 11 is 0. The van der Waals surface area contributed by atoms with Gasteiger partial charge in [0.25, 0.3) is 0 Å². The fourth-order valence-electron chi connectivity index (χ4n) is 3.97. The van der Waals surface area contributed by atoms with Gasteiger partial charge in [0.15, 0.2) is 15.8 Å². The fourth-order valence-corrected chi connectivity index (χ4v) is 5.06. The Labute approximate surface area is 229 Å². The molecule has 11 nitrogen and oxygen atoms in total. The molecule has 3 rings (SSSR count). The summed E-state index contributed by atoms with van der Waals surface area (Å²) in [6.45, 7) is 2.04. The average Bonchev–Trinajstić information content (AvgIpc) is 2.94. The number of sulfone groups is 1. The minimum Gasteiger partial charge on any atom is -0.378 e. The molecule has 0 aliphatic carbocycles. The molecule has 2 aromatic carbocycles. The van der Waals surface area contributed by atoms with Crippen molar-refractivity contribution in [1.82, 2.24) is 15.5 Å². The zero-order chi connectivity index (χ0) is 28.1. The number of guanidine groups is 1. The summed E-state index contributed by atoms with van der Waals surface area (Å²) in [7, 11) is -3.73. The Balaban J connectivity index is 1.78. The lowest BCUT2D eigenvalue weighted by Gasteiger charge is -2.29. The van der Waals surface area contributed by atoms with Gasteiger partial charge in [0.2, 0.25) is 5.91 Å². The molecule has 1 saturated heterocycles. The smallest absolute Gasteiger partial charge is 0.318 e. The Morgan fingerprint density at radius 1 is 1.00 bits per heavy atom. The monoisotopic (exact) mass is 556 g/mol. The molecule has 210 valence electrons. The molecule has 12 heteroatoms. The number of aliphatic imine (C=N–C) groups is 1. The summed E-state index contributed by atoms with van der Waals surface area (Å²) in [5, 5.41) is 6.83. The van der Waals surface area contributed by atoms with E-state index in [1.807, 2.05) is 30.3 Å². The molecule has 1 heterocycles. The van der Waals surface area contributed by atoms with Gasteiger partial charge in [-0.25, -0.2) is 13.2 Å². The number of hydrogen-bond acceptors (Lipinski definition) is 6. The third-order valence-corrected chi connectivity index (χ3v) is 7.50. The van der Waals surface area contributed by atoms with Gasteiger partial charge in [-0.2, -0.15) is 0 Å². The van der Waals surface area contributed by atoms with Gasteiger partial charge in [-0.3, -0.25) is 9.79 Å². The molecule has 2 atom stereocenters. The molecule has 1 aliphatic heterocycles. The highest BCUT2D eigenvalue weighted by atomic mass is 32.2. The number of nitrogens with two attached hydrogens (primary N) is 2. The average molecular weight is 557 g/mol. The van der Waals surface area contributed by atoms with Crippen molar-refractivity contribution in [2.24, 2.45) is 16.5 Å². The first-order chi connectivity index (χ1) is 18.7. The van der Waals surface area contributed by atoms with E-state index in [-0.39, 0.29) is 23.3 Å². The molecular weight excluding hydrogens is 520 g/mol. The molecule has 0 bridgehead atoms. The highest BCUT2D eigenvalue weighted by Crippen LogP contribution is 2.13. The zero-order valence-electron chi connectivity index (χ0n) is 21.7. The number of nitrogens with zero attached hydrogens (tertiary/aromatic N) is 2. The molecule has 0 aromatic heterocycles. The summed E-state index contributed by atoms with van der Waals surface area (Å²) in [6, 6.07) is 15.5. The van der Waals surface area contributed by atoms with E-state index in [1.54, 1.807) is 23.1 Å². The highest BCUT2D eigenvalue weighted by molar-refractivity contribution is 7.94. The van der Waals surface area contributed by atoms with Crippen LogP contribution in [0.2, 0.25) is 0 Å². The van der Waals surface area contributed by atoms with Gasteiger partial charge in [-0.05, 0) is 30.5 Å². The molecule has 1 fully saturated rings. The lowest BCUT2D eigenvalue weighted by Crippen LogP contribution is -2.55. The maximum atomic E-state index is 13.5. The standard InChI is InChI=1S/C27H36N6O5S/c28-26(29)30-14-7-10-22(13-19-39(36,37)23-11-5-2-6-12-23)31-25(34)24(20-21-8-3-1-4-9-21)32-27(35)33-15-17-38-18-16-33/h1-6,8-9,11-13,19,22,24H,7,10,14-18,20H2,(H,31,34)(H,32,35)(H4,28,29,30)/b19-13+/t22-,24?/m0/s1. The summed E-state index contributed by atoms with van der Waals surface area (Å²) in [5.74, 6) is -0.486. The van der Waals surface area contributed by atoms with Crippen LogP contribution in [0.3, 0.4) is 0 Å². The maximum absolute atomic E-state index is 13.5. The molecular formula is C27H36N6O5S. The van der Waals surface area contributed by atoms with Gasteiger partial charge in [0.1, 0.15) is 6.04 Å². The second-order valence-electron chi connectivity index (χ2n) is 9.04. The number of carbonyl (C=O) groups excluding carboxylic acids is 2. The molecule has 1 aliphatic rings. The Morgan fingerprint density at radius 2 is 1.64 bits per heavy atom. The van der Waals surface area contributed by atoms with Gasteiger partial charge in [-0.1, -0.05) is 54.6 Å². The van der Waals surface area contributed by atoms with Crippen molar-refractivity contribution in [2.45, 2.75) is 36.2 Å². The normalized spacial score (nSPS) is 15.3. The van der Waals surface area contributed by atoms with E-state index in [4.69, 9.17) is 16.2 Å². The third-order valence-electron chi connectivity index (χ3n) is 6.05. The van der Waals surface area contributed by atoms with E-state index in [0.29, 0.717) is 45.7 Å².